The van der Waals surface area contributed by atoms with Crippen LogP contribution in [0.2, 0.25) is 0 Å². The van der Waals surface area contributed by atoms with E-state index in [9.17, 15) is 13.2 Å². The first-order chi connectivity index (χ1) is 9.99. The molecule has 1 aromatic rings. The molecule has 0 spiro atoms. The van der Waals surface area contributed by atoms with Gasteiger partial charge < -0.3 is 10.1 Å². The molecule has 1 aromatic carbocycles. The molecule has 1 N–H and O–H groups in total. The van der Waals surface area contributed by atoms with Gasteiger partial charge >= 0.3 is 6.18 Å². The largest absolute Gasteiger partial charge is 0.494 e. The number of benzene rings is 1. The number of halogens is 4. The summed E-state index contributed by atoms with van der Waals surface area (Å²) in [5.41, 5.74) is 0.692. The van der Waals surface area contributed by atoms with E-state index in [2.05, 4.69) is 5.32 Å². The Hall–Kier alpha value is -0.980. The molecule has 1 heterocycles. The molecule has 1 atom stereocenters. The van der Waals surface area contributed by atoms with E-state index in [-0.39, 0.29) is 12.4 Å². The van der Waals surface area contributed by atoms with Crippen LogP contribution >= 0.6 is 12.4 Å². The van der Waals surface area contributed by atoms with Gasteiger partial charge in [-0.25, -0.2) is 0 Å². The number of piperazine rings is 1. The van der Waals surface area contributed by atoms with Crippen LogP contribution in [-0.2, 0) is 0 Å². The summed E-state index contributed by atoms with van der Waals surface area (Å²) in [5.74, 6) is 0.687. The first kappa shape index (κ1) is 19.1. The molecule has 1 fully saturated rings. The first-order valence-corrected chi connectivity index (χ1v) is 7.24. The lowest BCUT2D eigenvalue weighted by Gasteiger charge is -2.35. The second-order valence-electron chi connectivity index (χ2n) is 5.12. The Morgan fingerprint density at radius 3 is 2.27 bits per heavy atom. The van der Waals surface area contributed by atoms with Crippen LogP contribution < -0.4 is 10.1 Å². The van der Waals surface area contributed by atoms with Gasteiger partial charge in [-0.2, -0.15) is 13.2 Å². The second kappa shape index (κ2) is 8.60. The topological polar surface area (TPSA) is 24.5 Å². The number of nitrogens with zero attached hydrogens (tertiary/aromatic N) is 1. The predicted octanol–water partition coefficient (Wildman–Crippen LogP) is 3.41. The van der Waals surface area contributed by atoms with Gasteiger partial charge in [0.1, 0.15) is 5.75 Å². The molecular formula is C15H22ClF3N2O. The molecule has 1 saturated heterocycles. The SMILES string of the molecule is CCOc1ccc([C@H](CC(F)(F)F)N2CCNCC2)cc1.Cl. The van der Waals surface area contributed by atoms with Crippen molar-refractivity contribution in [2.45, 2.75) is 25.6 Å². The summed E-state index contributed by atoms with van der Waals surface area (Å²) in [6, 6.07) is 6.34. The zero-order valence-electron chi connectivity index (χ0n) is 12.5. The Kier molecular flexibility index (Phi) is 7.45. The van der Waals surface area contributed by atoms with Gasteiger partial charge in [-0.15, -0.1) is 12.4 Å². The molecule has 0 unspecified atom stereocenters. The summed E-state index contributed by atoms with van der Waals surface area (Å²) in [6.07, 6.45) is -4.99. The van der Waals surface area contributed by atoms with E-state index in [0.29, 0.717) is 31.0 Å². The summed E-state index contributed by atoms with van der Waals surface area (Å²) in [7, 11) is 0. The molecule has 0 saturated carbocycles. The molecule has 0 aliphatic carbocycles. The van der Waals surface area contributed by atoms with Crippen molar-refractivity contribution in [3.8, 4) is 5.75 Å². The van der Waals surface area contributed by atoms with Crippen LogP contribution in [0, 0.1) is 0 Å². The van der Waals surface area contributed by atoms with E-state index in [4.69, 9.17) is 4.74 Å². The average molecular weight is 339 g/mol. The monoisotopic (exact) mass is 338 g/mol. The summed E-state index contributed by atoms with van der Waals surface area (Å²) >= 11 is 0. The van der Waals surface area contributed by atoms with Crippen molar-refractivity contribution in [1.82, 2.24) is 10.2 Å². The number of hydrogen-bond donors (Lipinski definition) is 1. The Labute approximate surface area is 135 Å². The molecule has 1 aliphatic heterocycles. The maximum Gasteiger partial charge on any atom is 0.390 e. The molecule has 3 nitrogen and oxygen atoms in total. The summed E-state index contributed by atoms with van der Waals surface area (Å²) in [6.45, 7) is 5.14. The van der Waals surface area contributed by atoms with Crippen LogP contribution in [0.4, 0.5) is 13.2 Å². The van der Waals surface area contributed by atoms with Crippen LogP contribution in [-0.4, -0.2) is 43.9 Å². The molecule has 0 bridgehead atoms. The van der Waals surface area contributed by atoms with Crippen molar-refractivity contribution in [3.05, 3.63) is 29.8 Å². The molecule has 0 aromatic heterocycles. The summed E-state index contributed by atoms with van der Waals surface area (Å²) < 4.78 is 44.0. The van der Waals surface area contributed by atoms with Gasteiger partial charge in [0.15, 0.2) is 0 Å². The Morgan fingerprint density at radius 1 is 1.18 bits per heavy atom. The van der Waals surface area contributed by atoms with Crippen molar-refractivity contribution in [3.63, 3.8) is 0 Å². The zero-order chi connectivity index (χ0) is 15.3. The van der Waals surface area contributed by atoms with E-state index in [0.717, 1.165) is 13.1 Å². The van der Waals surface area contributed by atoms with Gasteiger partial charge in [-0.1, -0.05) is 12.1 Å². The minimum Gasteiger partial charge on any atom is -0.494 e. The highest BCUT2D eigenvalue weighted by Crippen LogP contribution is 2.34. The third-order valence-corrected chi connectivity index (χ3v) is 3.59. The van der Waals surface area contributed by atoms with Gasteiger partial charge in [0.25, 0.3) is 0 Å². The molecule has 0 radical (unpaired) electrons. The van der Waals surface area contributed by atoms with E-state index < -0.39 is 18.6 Å². The van der Waals surface area contributed by atoms with E-state index in [1.165, 1.54) is 0 Å². The van der Waals surface area contributed by atoms with Gasteiger partial charge in [0, 0.05) is 32.2 Å². The quantitative estimate of drug-likeness (QED) is 0.890. The van der Waals surface area contributed by atoms with Crippen LogP contribution in [0.15, 0.2) is 24.3 Å². The minimum atomic E-state index is -4.17. The molecule has 2 rings (SSSR count). The fourth-order valence-corrected chi connectivity index (χ4v) is 2.62. The van der Waals surface area contributed by atoms with Crippen molar-refractivity contribution >= 4 is 12.4 Å². The standard InChI is InChI=1S/C15H21F3N2O.ClH/c1-2-21-13-5-3-12(4-6-13)14(11-15(16,17)18)20-9-7-19-8-10-20;/h3-6,14,19H,2,7-11H2,1H3;1H/t14-;/m0./s1. The number of ether oxygens (including phenoxy) is 1. The van der Waals surface area contributed by atoms with Crippen molar-refractivity contribution in [1.29, 1.82) is 0 Å². The second-order valence-corrected chi connectivity index (χ2v) is 5.12. The fraction of sp³-hybridized carbons (Fsp3) is 0.600. The molecule has 126 valence electrons. The van der Waals surface area contributed by atoms with Gasteiger partial charge in [0.05, 0.1) is 13.0 Å². The lowest BCUT2D eigenvalue weighted by atomic mass is 10.0. The minimum absolute atomic E-state index is 0. The van der Waals surface area contributed by atoms with Crippen molar-refractivity contribution in [2.75, 3.05) is 32.8 Å². The lowest BCUT2D eigenvalue weighted by Crippen LogP contribution is -2.46. The van der Waals surface area contributed by atoms with Crippen LogP contribution in [0.1, 0.15) is 24.9 Å². The first-order valence-electron chi connectivity index (χ1n) is 7.24. The number of hydrogen-bond acceptors (Lipinski definition) is 3. The highest BCUT2D eigenvalue weighted by atomic mass is 35.5. The third kappa shape index (κ3) is 5.66. The average Bonchev–Trinajstić information content (AvgIpc) is 2.46. The molecule has 7 heteroatoms. The van der Waals surface area contributed by atoms with Crippen LogP contribution in [0.5, 0.6) is 5.75 Å². The van der Waals surface area contributed by atoms with E-state index >= 15 is 0 Å². The Bertz CT molecular complexity index is 433. The fourth-order valence-electron chi connectivity index (χ4n) is 2.62. The molecular weight excluding hydrogens is 317 g/mol. The molecule has 0 amide bonds. The maximum absolute atomic E-state index is 12.9. The Morgan fingerprint density at radius 2 is 1.77 bits per heavy atom. The normalized spacial score (nSPS) is 17.6. The molecule has 1 aliphatic rings. The number of rotatable bonds is 5. The summed E-state index contributed by atoms with van der Waals surface area (Å²) in [5, 5.41) is 3.17. The number of alkyl halides is 3. The Balaban J connectivity index is 0.00000242. The van der Waals surface area contributed by atoms with E-state index in [1.807, 2.05) is 11.8 Å². The van der Waals surface area contributed by atoms with Crippen LogP contribution in [0.3, 0.4) is 0 Å². The zero-order valence-corrected chi connectivity index (χ0v) is 13.3. The highest BCUT2D eigenvalue weighted by molar-refractivity contribution is 5.85. The van der Waals surface area contributed by atoms with Crippen molar-refractivity contribution in [2.24, 2.45) is 0 Å². The summed E-state index contributed by atoms with van der Waals surface area (Å²) in [4.78, 5) is 1.90. The van der Waals surface area contributed by atoms with Crippen LogP contribution in [0.25, 0.3) is 0 Å². The predicted molar refractivity (Wildman–Crippen MR) is 82.7 cm³/mol. The highest BCUT2D eigenvalue weighted by Gasteiger charge is 2.35. The smallest absolute Gasteiger partial charge is 0.390 e. The third-order valence-electron chi connectivity index (χ3n) is 3.59. The van der Waals surface area contributed by atoms with Crippen molar-refractivity contribution < 1.29 is 17.9 Å². The van der Waals surface area contributed by atoms with Gasteiger partial charge in [-0.3, -0.25) is 4.90 Å². The van der Waals surface area contributed by atoms with Gasteiger partial charge in [-0.05, 0) is 24.6 Å². The number of nitrogens with one attached hydrogen (secondary N) is 1. The molecule has 22 heavy (non-hydrogen) atoms. The van der Waals surface area contributed by atoms with E-state index in [1.54, 1.807) is 24.3 Å². The lowest BCUT2D eigenvalue weighted by molar-refractivity contribution is -0.148. The van der Waals surface area contributed by atoms with Gasteiger partial charge in [0.2, 0.25) is 0 Å². The maximum atomic E-state index is 12.9.